The number of nitrogens with zero attached hydrogens (tertiary/aromatic N) is 1. The van der Waals surface area contributed by atoms with E-state index >= 15 is 0 Å². The highest BCUT2D eigenvalue weighted by Gasteiger charge is 2.03. The molecule has 7 heteroatoms. The number of ether oxygens (including phenoxy) is 1. The summed E-state index contributed by atoms with van der Waals surface area (Å²) in [4.78, 5) is 17.8. The van der Waals surface area contributed by atoms with Gasteiger partial charge in [0.25, 0.3) is 5.56 Å². The average molecular weight is 325 g/mol. The second kappa shape index (κ2) is 6.24. The number of nitrogens with two attached hydrogens (primary N) is 1. The number of halogens is 1. The lowest BCUT2D eigenvalue weighted by Gasteiger charge is -2.09. The fraction of sp³-hybridized carbons (Fsp3) is 0.167. The standard InChI is InChI=1S/C12H13BrN4O2/c13-10-11(16-7-17-12(10)18)15-4-5-19-9-3-1-2-8(14)6-9/h1-3,6-7H,4-5,14H2,(H2,15,16,17,18). The van der Waals surface area contributed by atoms with Crippen LogP contribution in [0.3, 0.4) is 0 Å². The molecule has 0 aliphatic heterocycles. The van der Waals surface area contributed by atoms with Gasteiger partial charge in [0.1, 0.15) is 22.6 Å². The topological polar surface area (TPSA) is 93.0 Å². The number of hydrogen-bond acceptors (Lipinski definition) is 5. The summed E-state index contributed by atoms with van der Waals surface area (Å²) < 4.78 is 5.88. The van der Waals surface area contributed by atoms with E-state index in [9.17, 15) is 4.79 Å². The van der Waals surface area contributed by atoms with Crippen molar-refractivity contribution < 1.29 is 4.74 Å². The van der Waals surface area contributed by atoms with Crippen molar-refractivity contribution in [1.82, 2.24) is 9.97 Å². The van der Waals surface area contributed by atoms with Crippen LogP contribution in [0.15, 0.2) is 39.9 Å². The zero-order valence-corrected chi connectivity index (χ0v) is 11.6. The molecule has 19 heavy (non-hydrogen) atoms. The third-order valence-corrected chi connectivity index (χ3v) is 3.05. The van der Waals surface area contributed by atoms with Crippen molar-refractivity contribution in [2.24, 2.45) is 0 Å². The summed E-state index contributed by atoms with van der Waals surface area (Å²) in [5.41, 5.74) is 6.07. The molecule has 0 spiro atoms. The molecule has 0 amide bonds. The van der Waals surface area contributed by atoms with E-state index in [2.05, 4.69) is 31.2 Å². The predicted octanol–water partition coefficient (Wildman–Crippen LogP) is 1.61. The van der Waals surface area contributed by atoms with Gasteiger partial charge in [0.15, 0.2) is 0 Å². The largest absolute Gasteiger partial charge is 0.492 e. The lowest BCUT2D eigenvalue weighted by Crippen LogP contribution is -2.16. The van der Waals surface area contributed by atoms with Crippen LogP contribution >= 0.6 is 15.9 Å². The van der Waals surface area contributed by atoms with Gasteiger partial charge in [-0.15, -0.1) is 0 Å². The van der Waals surface area contributed by atoms with Crippen LogP contribution in [-0.4, -0.2) is 23.1 Å². The van der Waals surface area contributed by atoms with Crippen LogP contribution in [-0.2, 0) is 0 Å². The van der Waals surface area contributed by atoms with Crippen LogP contribution in [0.25, 0.3) is 0 Å². The Morgan fingerprint density at radius 2 is 2.32 bits per heavy atom. The molecule has 2 aromatic rings. The minimum absolute atomic E-state index is 0.228. The molecule has 0 aliphatic rings. The molecule has 0 aliphatic carbocycles. The molecule has 6 nitrogen and oxygen atoms in total. The molecule has 0 fully saturated rings. The molecular weight excluding hydrogens is 312 g/mol. The monoisotopic (exact) mass is 324 g/mol. The van der Waals surface area contributed by atoms with Crippen molar-refractivity contribution in [3.05, 3.63) is 45.4 Å². The summed E-state index contributed by atoms with van der Waals surface area (Å²) in [7, 11) is 0. The minimum Gasteiger partial charge on any atom is -0.492 e. The zero-order valence-electron chi connectivity index (χ0n) is 10.0. The van der Waals surface area contributed by atoms with Crippen LogP contribution in [0.2, 0.25) is 0 Å². The summed E-state index contributed by atoms with van der Waals surface area (Å²) in [6.45, 7) is 0.953. The minimum atomic E-state index is -0.228. The molecule has 0 saturated carbocycles. The lowest BCUT2D eigenvalue weighted by molar-refractivity contribution is 0.333. The molecule has 0 saturated heterocycles. The SMILES string of the molecule is Nc1cccc(OCCNc2nc[nH]c(=O)c2Br)c1. The number of aromatic nitrogens is 2. The van der Waals surface area contributed by atoms with E-state index in [-0.39, 0.29) is 5.56 Å². The highest BCUT2D eigenvalue weighted by molar-refractivity contribution is 9.10. The van der Waals surface area contributed by atoms with Crippen molar-refractivity contribution in [3.8, 4) is 5.75 Å². The number of H-pyrrole nitrogens is 1. The van der Waals surface area contributed by atoms with E-state index in [1.54, 1.807) is 12.1 Å². The van der Waals surface area contributed by atoms with E-state index in [0.29, 0.717) is 34.9 Å². The summed E-state index contributed by atoms with van der Waals surface area (Å²) >= 11 is 3.16. The Morgan fingerprint density at radius 1 is 1.47 bits per heavy atom. The van der Waals surface area contributed by atoms with Crippen LogP contribution in [0, 0.1) is 0 Å². The van der Waals surface area contributed by atoms with Crippen molar-refractivity contribution in [2.45, 2.75) is 0 Å². The quantitative estimate of drug-likeness (QED) is 0.574. The number of hydrogen-bond donors (Lipinski definition) is 3. The molecule has 0 atom stereocenters. The van der Waals surface area contributed by atoms with Crippen molar-refractivity contribution in [2.75, 3.05) is 24.2 Å². The Hall–Kier alpha value is -2.02. The van der Waals surface area contributed by atoms with Crippen LogP contribution in [0.4, 0.5) is 11.5 Å². The first-order valence-electron chi connectivity index (χ1n) is 5.62. The van der Waals surface area contributed by atoms with E-state index in [1.165, 1.54) is 6.33 Å². The maximum Gasteiger partial charge on any atom is 0.267 e. The van der Waals surface area contributed by atoms with Gasteiger partial charge < -0.3 is 20.8 Å². The second-order valence-electron chi connectivity index (χ2n) is 3.74. The smallest absolute Gasteiger partial charge is 0.267 e. The van der Waals surface area contributed by atoms with E-state index < -0.39 is 0 Å². The molecule has 1 aromatic carbocycles. The molecule has 0 bridgehead atoms. The van der Waals surface area contributed by atoms with Gasteiger partial charge in [0.05, 0.1) is 12.9 Å². The fourth-order valence-corrected chi connectivity index (χ4v) is 1.81. The maximum absolute atomic E-state index is 11.3. The fourth-order valence-electron chi connectivity index (χ4n) is 1.45. The lowest BCUT2D eigenvalue weighted by atomic mass is 10.3. The first-order chi connectivity index (χ1) is 9.16. The Kier molecular flexibility index (Phi) is 4.40. The van der Waals surface area contributed by atoms with Crippen LogP contribution in [0.5, 0.6) is 5.75 Å². The van der Waals surface area contributed by atoms with Gasteiger partial charge in [-0.05, 0) is 28.1 Å². The van der Waals surface area contributed by atoms with Gasteiger partial charge in [0.2, 0.25) is 0 Å². The van der Waals surface area contributed by atoms with Crippen LogP contribution in [0.1, 0.15) is 0 Å². The molecule has 2 rings (SSSR count). The first-order valence-corrected chi connectivity index (χ1v) is 6.41. The number of rotatable bonds is 5. The number of benzene rings is 1. The van der Waals surface area contributed by atoms with Gasteiger partial charge >= 0.3 is 0 Å². The van der Waals surface area contributed by atoms with Gasteiger partial charge in [-0.25, -0.2) is 4.98 Å². The van der Waals surface area contributed by atoms with E-state index in [0.717, 1.165) is 0 Å². The number of aromatic amines is 1. The summed E-state index contributed by atoms with van der Waals surface area (Å²) in [5, 5.41) is 3.00. The highest BCUT2D eigenvalue weighted by Crippen LogP contribution is 2.15. The van der Waals surface area contributed by atoms with Crippen molar-refractivity contribution >= 4 is 27.4 Å². The molecule has 4 N–H and O–H groups in total. The Labute approximate surface area is 118 Å². The number of nitrogens with one attached hydrogen (secondary N) is 2. The molecule has 0 unspecified atom stereocenters. The second-order valence-corrected chi connectivity index (χ2v) is 4.53. The third-order valence-electron chi connectivity index (χ3n) is 2.32. The van der Waals surface area contributed by atoms with Gasteiger partial charge in [-0.3, -0.25) is 4.79 Å². The Balaban J connectivity index is 1.84. The van der Waals surface area contributed by atoms with Gasteiger partial charge in [-0.1, -0.05) is 6.07 Å². The molecule has 0 radical (unpaired) electrons. The van der Waals surface area contributed by atoms with Gasteiger partial charge in [0, 0.05) is 11.8 Å². The Bertz CT molecular complexity index is 615. The van der Waals surface area contributed by atoms with Crippen LogP contribution < -0.4 is 21.3 Å². The van der Waals surface area contributed by atoms with E-state index in [4.69, 9.17) is 10.5 Å². The highest BCUT2D eigenvalue weighted by atomic mass is 79.9. The molecule has 1 heterocycles. The summed E-state index contributed by atoms with van der Waals surface area (Å²) in [5.74, 6) is 1.19. The predicted molar refractivity (Wildman–Crippen MR) is 77.4 cm³/mol. The average Bonchev–Trinajstić information content (AvgIpc) is 2.39. The summed E-state index contributed by atoms with van der Waals surface area (Å²) in [6.07, 6.45) is 1.34. The van der Waals surface area contributed by atoms with E-state index in [1.807, 2.05) is 12.1 Å². The first kappa shape index (κ1) is 13.4. The maximum atomic E-state index is 11.3. The zero-order chi connectivity index (χ0) is 13.7. The van der Waals surface area contributed by atoms with Crippen molar-refractivity contribution in [3.63, 3.8) is 0 Å². The van der Waals surface area contributed by atoms with Crippen molar-refractivity contribution in [1.29, 1.82) is 0 Å². The molecule has 1 aromatic heterocycles. The van der Waals surface area contributed by atoms with Gasteiger partial charge in [-0.2, -0.15) is 0 Å². The summed E-state index contributed by atoms with van der Waals surface area (Å²) in [6, 6.07) is 7.20. The number of nitrogen functional groups attached to an aromatic ring is 1. The number of anilines is 2. The molecule has 100 valence electrons. The Morgan fingerprint density at radius 3 is 3.11 bits per heavy atom. The normalized spacial score (nSPS) is 10.2. The third kappa shape index (κ3) is 3.72. The molecular formula is C12H13BrN4O2.